The lowest BCUT2D eigenvalue weighted by Gasteiger charge is -2.41. The number of hydrogen-bond donors (Lipinski definition) is 2. The van der Waals surface area contributed by atoms with E-state index in [1.807, 2.05) is 6.92 Å². The molecule has 1 heterocycles. The monoisotopic (exact) mass is 258 g/mol. The van der Waals surface area contributed by atoms with Crippen LogP contribution in [0.1, 0.15) is 32.6 Å². The van der Waals surface area contributed by atoms with Gasteiger partial charge in [-0.15, -0.1) is 0 Å². The summed E-state index contributed by atoms with van der Waals surface area (Å²) < 4.78 is 28.5. The Morgan fingerprint density at radius 2 is 2.24 bits per heavy atom. The molecule has 1 fully saturated rings. The zero-order valence-corrected chi connectivity index (χ0v) is 10.9. The number of anilines is 1. The number of nitrogens with zero attached hydrogens (tertiary/aromatic N) is 2. The Morgan fingerprint density at radius 3 is 2.59 bits per heavy atom. The van der Waals surface area contributed by atoms with Crippen molar-refractivity contribution in [1.82, 2.24) is 14.5 Å². The molecule has 1 aliphatic rings. The van der Waals surface area contributed by atoms with Crippen LogP contribution in [0.15, 0.2) is 11.1 Å². The van der Waals surface area contributed by atoms with E-state index >= 15 is 0 Å². The van der Waals surface area contributed by atoms with Crippen molar-refractivity contribution in [2.75, 3.05) is 5.73 Å². The Balaban J connectivity index is 2.28. The second-order valence-electron chi connectivity index (χ2n) is 4.65. The van der Waals surface area contributed by atoms with Crippen LogP contribution in [0.2, 0.25) is 0 Å². The number of sulfonamides is 1. The molecule has 0 spiro atoms. The molecule has 1 aromatic heterocycles. The second-order valence-corrected chi connectivity index (χ2v) is 6.30. The van der Waals surface area contributed by atoms with Gasteiger partial charge < -0.3 is 5.73 Å². The molecule has 0 radical (unpaired) electrons. The molecular formula is C10H18N4O2S. The van der Waals surface area contributed by atoms with Gasteiger partial charge in [0.1, 0.15) is 4.90 Å². The first-order chi connectivity index (χ1) is 7.88. The first-order valence-electron chi connectivity index (χ1n) is 5.72. The average Bonchev–Trinajstić information content (AvgIpc) is 2.52. The third kappa shape index (κ3) is 2.16. The van der Waals surface area contributed by atoms with E-state index in [1.54, 1.807) is 7.05 Å². The molecule has 6 nitrogen and oxygen atoms in total. The fraction of sp³-hybridized carbons (Fsp3) is 0.700. The maximum atomic E-state index is 12.2. The van der Waals surface area contributed by atoms with Gasteiger partial charge in [-0.2, -0.15) is 5.10 Å². The van der Waals surface area contributed by atoms with Gasteiger partial charge in [-0.1, -0.05) is 6.92 Å². The van der Waals surface area contributed by atoms with E-state index in [0.29, 0.717) is 0 Å². The van der Waals surface area contributed by atoms with Gasteiger partial charge in [-0.3, -0.25) is 4.68 Å². The molecule has 1 saturated carbocycles. The van der Waals surface area contributed by atoms with Crippen LogP contribution in [0, 0.1) is 0 Å². The molecular weight excluding hydrogens is 240 g/mol. The summed E-state index contributed by atoms with van der Waals surface area (Å²) in [6.45, 7) is 1.99. The average molecular weight is 258 g/mol. The number of aryl methyl sites for hydroxylation is 1. The van der Waals surface area contributed by atoms with E-state index in [-0.39, 0.29) is 16.3 Å². The molecule has 0 bridgehead atoms. The molecule has 0 amide bonds. The Bertz CT molecular complexity index is 511. The number of nitrogens with two attached hydrogens (primary N) is 1. The van der Waals surface area contributed by atoms with Gasteiger partial charge in [0.25, 0.3) is 0 Å². The Kier molecular flexibility index (Phi) is 2.90. The van der Waals surface area contributed by atoms with E-state index in [2.05, 4.69) is 9.82 Å². The van der Waals surface area contributed by atoms with Crippen LogP contribution in [0.3, 0.4) is 0 Å². The van der Waals surface area contributed by atoms with Crippen molar-refractivity contribution in [2.24, 2.45) is 7.05 Å². The number of rotatable bonds is 4. The summed E-state index contributed by atoms with van der Waals surface area (Å²) >= 11 is 0. The van der Waals surface area contributed by atoms with Gasteiger partial charge in [-0.05, 0) is 25.7 Å². The van der Waals surface area contributed by atoms with Crippen LogP contribution in [0.25, 0.3) is 0 Å². The van der Waals surface area contributed by atoms with Crippen molar-refractivity contribution < 1.29 is 8.42 Å². The summed E-state index contributed by atoms with van der Waals surface area (Å²) in [5.41, 5.74) is 5.32. The van der Waals surface area contributed by atoms with Crippen LogP contribution in [0.5, 0.6) is 0 Å². The first-order valence-corrected chi connectivity index (χ1v) is 7.20. The highest BCUT2D eigenvalue weighted by atomic mass is 32.2. The van der Waals surface area contributed by atoms with Crippen molar-refractivity contribution in [1.29, 1.82) is 0 Å². The Labute approximate surface area is 101 Å². The van der Waals surface area contributed by atoms with Gasteiger partial charge >= 0.3 is 0 Å². The number of hydrogen-bond acceptors (Lipinski definition) is 4. The van der Waals surface area contributed by atoms with Gasteiger partial charge in [-0.25, -0.2) is 13.1 Å². The van der Waals surface area contributed by atoms with E-state index in [0.717, 1.165) is 25.7 Å². The highest BCUT2D eigenvalue weighted by Crippen LogP contribution is 2.36. The normalized spacial score (nSPS) is 18.9. The minimum atomic E-state index is -3.56. The molecule has 2 rings (SSSR count). The zero-order valence-electron chi connectivity index (χ0n) is 10.1. The lowest BCUT2D eigenvalue weighted by molar-refractivity contribution is 0.214. The van der Waals surface area contributed by atoms with Crippen molar-refractivity contribution >= 4 is 15.8 Å². The van der Waals surface area contributed by atoms with Crippen LogP contribution in [0.4, 0.5) is 5.82 Å². The third-order valence-corrected chi connectivity index (χ3v) is 5.05. The predicted octanol–water partition coefficient (Wildman–Crippen LogP) is 0.613. The number of aromatic nitrogens is 2. The van der Waals surface area contributed by atoms with E-state index < -0.39 is 10.0 Å². The number of nitrogens with one attached hydrogen (secondary N) is 1. The topological polar surface area (TPSA) is 90.0 Å². The quantitative estimate of drug-likeness (QED) is 0.828. The highest BCUT2D eigenvalue weighted by Gasteiger charge is 2.39. The van der Waals surface area contributed by atoms with Gasteiger partial charge in [0.15, 0.2) is 5.82 Å². The summed E-state index contributed by atoms with van der Waals surface area (Å²) in [5.74, 6) is 0.0468. The molecule has 17 heavy (non-hydrogen) atoms. The molecule has 96 valence electrons. The SMILES string of the molecule is CCC1(NS(=O)(=O)c2cn(C)nc2N)CCC1. The standard InChI is InChI=1S/C10H18N4O2S/c1-3-10(5-4-6-10)13-17(15,16)8-7-14(2)12-9(8)11/h7,13H,3-6H2,1-2H3,(H2,11,12). The largest absolute Gasteiger partial charge is 0.381 e. The van der Waals surface area contributed by atoms with E-state index in [4.69, 9.17) is 5.73 Å². The molecule has 3 N–H and O–H groups in total. The summed E-state index contributed by atoms with van der Waals surface area (Å²) in [4.78, 5) is 0.0692. The Morgan fingerprint density at radius 1 is 1.59 bits per heavy atom. The van der Waals surface area contributed by atoms with Crippen LogP contribution >= 0.6 is 0 Å². The highest BCUT2D eigenvalue weighted by molar-refractivity contribution is 7.89. The first kappa shape index (κ1) is 12.4. The van der Waals surface area contributed by atoms with Crippen molar-refractivity contribution in [3.63, 3.8) is 0 Å². The van der Waals surface area contributed by atoms with Crippen LogP contribution in [-0.2, 0) is 17.1 Å². The lowest BCUT2D eigenvalue weighted by atomic mass is 9.76. The third-order valence-electron chi connectivity index (χ3n) is 3.45. The van der Waals surface area contributed by atoms with E-state index in [9.17, 15) is 8.42 Å². The smallest absolute Gasteiger partial charge is 0.246 e. The van der Waals surface area contributed by atoms with Crippen LogP contribution in [-0.4, -0.2) is 23.7 Å². The molecule has 0 aliphatic heterocycles. The van der Waals surface area contributed by atoms with Crippen molar-refractivity contribution in [3.05, 3.63) is 6.20 Å². The minimum absolute atomic E-state index is 0.0468. The van der Waals surface area contributed by atoms with Gasteiger partial charge in [0.05, 0.1) is 0 Å². The maximum absolute atomic E-state index is 12.2. The molecule has 0 saturated heterocycles. The minimum Gasteiger partial charge on any atom is -0.381 e. The predicted molar refractivity (Wildman–Crippen MR) is 64.8 cm³/mol. The Hall–Kier alpha value is -1.08. The molecule has 0 unspecified atom stereocenters. The summed E-state index contributed by atoms with van der Waals surface area (Å²) in [5, 5.41) is 3.85. The maximum Gasteiger partial charge on any atom is 0.246 e. The van der Waals surface area contributed by atoms with Crippen LogP contribution < -0.4 is 10.5 Å². The molecule has 0 aromatic carbocycles. The van der Waals surface area contributed by atoms with Crippen molar-refractivity contribution in [3.8, 4) is 0 Å². The molecule has 1 aromatic rings. The second kappa shape index (κ2) is 3.99. The molecule has 1 aliphatic carbocycles. The summed E-state index contributed by atoms with van der Waals surface area (Å²) in [6.07, 6.45) is 5.08. The summed E-state index contributed by atoms with van der Waals surface area (Å²) in [7, 11) is -1.91. The van der Waals surface area contributed by atoms with E-state index in [1.165, 1.54) is 10.9 Å². The fourth-order valence-electron chi connectivity index (χ4n) is 2.16. The van der Waals surface area contributed by atoms with Crippen molar-refractivity contribution in [2.45, 2.75) is 43.0 Å². The summed E-state index contributed by atoms with van der Waals surface area (Å²) in [6, 6.07) is 0. The lowest BCUT2D eigenvalue weighted by Crippen LogP contribution is -2.52. The van der Waals surface area contributed by atoms with Gasteiger partial charge in [0, 0.05) is 18.8 Å². The molecule has 0 atom stereocenters. The zero-order chi connectivity index (χ0) is 12.7. The van der Waals surface area contributed by atoms with Gasteiger partial charge in [0.2, 0.25) is 10.0 Å². The molecule has 7 heteroatoms. The number of nitrogen functional groups attached to an aromatic ring is 1. The fourth-order valence-corrected chi connectivity index (χ4v) is 3.80.